The molecule has 0 fully saturated rings. The first-order valence-electron chi connectivity index (χ1n) is 6.98. The van der Waals surface area contributed by atoms with Gasteiger partial charge in [0.1, 0.15) is 17.3 Å². The third-order valence-electron chi connectivity index (χ3n) is 3.23. The van der Waals surface area contributed by atoms with E-state index >= 15 is 0 Å². The molecule has 0 saturated carbocycles. The number of aromatic nitrogens is 2. The van der Waals surface area contributed by atoms with Crippen LogP contribution in [0.15, 0.2) is 30.6 Å². The van der Waals surface area contributed by atoms with Crippen LogP contribution < -0.4 is 5.32 Å². The van der Waals surface area contributed by atoms with Gasteiger partial charge in [-0.25, -0.2) is 9.97 Å². The minimum atomic E-state index is 0.450. The molecule has 0 atom stereocenters. The van der Waals surface area contributed by atoms with Crippen molar-refractivity contribution in [3.05, 3.63) is 46.9 Å². The van der Waals surface area contributed by atoms with Gasteiger partial charge in [0.15, 0.2) is 0 Å². The Hall–Kier alpha value is -1.61. The van der Waals surface area contributed by atoms with Crippen LogP contribution in [0.3, 0.4) is 0 Å². The number of benzene rings is 1. The largest absolute Gasteiger partial charge is 0.340 e. The van der Waals surface area contributed by atoms with E-state index < -0.39 is 0 Å². The lowest BCUT2D eigenvalue weighted by atomic mass is 10.0. The van der Waals surface area contributed by atoms with Gasteiger partial charge in [-0.2, -0.15) is 0 Å². The van der Waals surface area contributed by atoms with Crippen molar-refractivity contribution in [3.8, 4) is 0 Å². The molecule has 1 aromatic carbocycles. The van der Waals surface area contributed by atoms with Gasteiger partial charge in [0.2, 0.25) is 0 Å². The smallest absolute Gasteiger partial charge is 0.138 e. The number of hydrogen-bond donors (Lipinski definition) is 1. The Morgan fingerprint density at radius 2 is 1.95 bits per heavy atom. The molecular weight excluding hydrogens is 270 g/mol. The highest BCUT2D eigenvalue weighted by Gasteiger charge is 2.12. The Bertz CT molecular complexity index is 582. The molecule has 1 N–H and O–H groups in total. The zero-order valence-electron chi connectivity index (χ0n) is 12.2. The molecule has 2 aromatic rings. The van der Waals surface area contributed by atoms with Gasteiger partial charge in [-0.3, -0.25) is 0 Å². The van der Waals surface area contributed by atoms with Crippen LogP contribution in [-0.4, -0.2) is 9.97 Å². The monoisotopic (exact) mass is 289 g/mol. The summed E-state index contributed by atoms with van der Waals surface area (Å²) in [6.07, 6.45) is 3.38. The van der Waals surface area contributed by atoms with Crippen molar-refractivity contribution < 1.29 is 0 Å². The van der Waals surface area contributed by atoms with Crippen molar-refractivity contribution >= 4 is 23.1 Å². The summed E-state index contributed by atoms with van der Waals surface area (Å²) in [6.45, 7) is 6.48. The van der Waals surface area contributed by atoms with E-state index in [9.17, 15) is 0 Å². The molecule has 0 radical (unpaired) electrons. The van der Waals surface area contributed by atoms with Crippen molar-refractivity contribution in [1.29, 1.82) is 0 Å². The Morgan fingerprint density at radius 1 is 1.20 bits per heavy atom. The van der Waals surface area contributed by atoms with E-state index in [0.717, 1.165) is 29.9 Å². The summed E-state index contributed by atoms with van der Waals surface area (Å²) in [6, 6.07) is 8.29. The molecular formula is C16H20ClN3. The molecule has 2 rings (SSSR count). The average molecular weight is 290 g/mol. The van der Waals surface area contributed by atoms with Crippen LogP contribution >= 0.6 is 11.6 Å². The highest BCUT2D eigenvalue weighted by Crippen LogP contribution is 2.29. The highest BCUT2D eigenvalue weighted by molar-refractivity contribution is 6.30. The summed E-state index contributed by atoms with van der Waals surface area (Å²) < 4.78 is 0. The van der Waals surface area contributed by atoms with E-state index in [4.69, 9.17) is 11.6 Å². The maximum absolute atomic E-state index is 6.19. The Kier molecular flexibility index (Phi) is 4.96. The molecule has 0 bridgehead atoms. The van der Waals surface area contributed by atoms with Crippen LogP contribution in [0, 0.1) is 0 Å². The second-order valence-corrected chi connectivity index (χ2v) is 5.47. The summed E-state index contributed by atoms with van der Waals surface area (Å²) in [7, 11) is 0. The minimum Gasteiger partial charge on any atom is -0.340 e. The van der Waals surface area contributed by atoms with Crippen molar-refractivity contribution in [2.75, 3.05) is 5.32 Å². The van der Waals surface area contributed by atoms with Gasteiger partial charge in [-0.05, 0) is 24.0 Å². The number of nitrogens with one attached hydrogen (secondary N) is 1. The second-order valence-electron chi connectivity index (χ2n) is 5.11. The van der Waals surface area contributed by atoms with Crippen molar-refractivity contribution in [2.45, 2.75) is 39.5 Å². The first kappa shape index (κ1) is 14.8. The molecule has 4 heteroatoms. The van der Waals surface area contributed by atoms with E-state index in [1.54, 1.807) is 0 Å². The van der Waals surface area contributed by atoms with E-state index in [0.29, 0.717) is 11.1 Å². The maximum atomic E-state index is 6.19. The van der Waals surface area contributed by atoms with Gasteiger partial charge < -0.3 is 5.32 Å². The number of hydrogen-bond acceptors (Lipinski definition) is 3. The zero-order valence-corrected chi connectivity index (χ0v) is 12.9. The zero-order chi connectivity index (χ0) is 14.5. The third kappa shape index (κ3) is 3.28. The van der Waals surface area contributed by atoms with E-state index in [1.165, 1.54) is 11.9 Å². The van der Waals surface area contributed by atoms with Gasteiger partial charge in [0, 0.05) is 11.3 Å². The lowest BCUT2D eigenvalue weighted by Gasteiger charge is -2.16. The molecule has 0 aliphatic carbocycles. The maximum Gasteiger partial charge on any atom is 0.138 e. The van der Waals surface area contributed by atoms with E-state index in [2.05, 4.69) is 54.3 Å². The second kappa shape index (κ2) is 6.71. The summed E-state index contributed by atoms with van der Waals surface area (Å²) in [5.41, 5.74) is 3.33. The first-order chi connectivity index (χ1) is 9.63. The molecule has 106 valence electrons. The topological polar surface area (TPSA) is 37.8 Å². The lowest BCUT2D eigenvalue weighted by Crippen LogP contribution is -2.04. The normalized spacial score (nSPS) is 10.8. The number of rotatable bonds is 5. The number of para-hydroxylation sites is 1. The Balaban J connectivity index is 2.38. The molecule has 0 aliphatic heterocycles. The fourth-order valence-corrected chi connectivity index (χ4v) is 2.44. The minimum absolute atomic E-state index is 0.450. The lowest BCUT2D eigenvalue weighted by molar-refractivity contribution is 0.867. The summed E-state index contributed by atoms with van der Waals surface area (Å²) in [4.78, 5) is 8.42. The predicted molar refractivity (Wildman–Crippen MR) is 84.9 cm³/mol. The average Bonchev–Trinajstić information content (AvgIpc) is 2.43. The molecule has 0 unspecified atom stereocenters. The summed E-state index contributed by atoms with van der Waals surface area (Å²) in [5, 5.41) is 3.95. The number of anilines is 2. The van der Waals surface area contributed by atoms with E-state index in [1.807, 2.05) is 6.07 Å². The molecule has 0 spiro atoms. The fourth-order valence-electron chi connectivity index (χ4n) is 2.21. The van der Waals surface area contributed by atoms with Crippen LogP contribution in [-0.2, 0) is 6.42 Å². The molecule has 0 amide bonds. The SMILES string of the molecule is CCCc1c(Cl)ncnc1Nc1ccccc1C(C)C. The van der Waals surface area contributed by atoms with Gasteiger partial charge in [0.05, 0.1) is 0 Å². The fraction of sp³-hybridized carbons (Fsp3) is 0.375. The van der Waals surface area contributed by atoms with Gasteiger partial charge in [-0.1, -0.05) is 57.0 Å². The molecule has 20 heavy (non-hydrogen) atoms. The molecule has 3 nitrogen and oxygen atoms in total. The van der Waals surface area contributed by atoms with Crippen molar-refractivity contribution in [2.24, 2.45) is 0 Å². The molecule has 1 heterocycles. The van der Waals surface area contributed by atoms with Crippen LogP contribution in [0.2, 0.25) is 5.15 Å². The van der Waals surface area contributed by atoms with Crippen molar-refractivity contribution in [3.63, 3.8) is 0 Å². The van der Waals surface area contributed by atoms with Gasteiger partial charge in [0.25, 0.3) is 0 Å². The van der Waals surface area contributed by atoms with Crippen LogP contribution in [0.5, 0.6) is 0 Å². The van der Waals surface area contributed by atoms with Gasteiger partial charge >= 0.3 is 0 Å². The number of halogens is 1. The third-order valence-corrected chi connectivity index (χ3v) is 3.55. The number of nitrogens with zero attached hydrogens (tertiary/aromatic N) is 2. The molecule has 1 aromatic heterocycles. The Morgan fingerprint density at radius 3 is 2.65 bits per heavy atom. The van der Waals surface area contributed by atoms with Crippen LogP contribution in [0.4, 0.5) is 11.5 Å². The predicted octanol–water partition coefficient (Wildman–Crippen LogP) is 4.95. The van der Waals surface area contributed by atoms with Crippen LogP contribution in [0.25, 0.3) is 0 Å². The van der Waals surface area contributed by atoms with Crippen LogP contribution in [0.1, 0.15) is 44.2 Å². The quantitative estimate of drug-likeness (QED) is 0.791. The Labute approximate surface area is 125 Å². The molecule has 0 saturated heterocycles. The van der Waals surface area contributed by atoms with Gasteiger partial charge in [-0.15, -0.1) is 0 Å². The van der Waals surface area contributed by atoms with E-state index in [-0.39, 0.29) is 0 Å². The molecule has 0 aliphatic rings. The highest BCUT2D eigenvalue weighted by atomic mass is 35.5. The first-order valence-corrected chi connectivity index (χ1v) is 7.36. The summed E-state index contributed by atoms with van der Waals surface area (Å²) >= 11 is 6.19. The van der Waals surface area contributed by atoms with Crippen molar-refractivity contribution in [1.82, 2.24) is 9.97 Å². The summed E-state index contributed by atoms with van der Waals surface area (Å²) in [5.74, 6) is 1.26. The standard InChI is InChI=1S/C16H20ClN3/c1-4-7-13-15(17)18-10-19-16(13)20-14-9-6-5-8-12(14)11(2)3/h5-6,8-11H,4,7H2,1-3H3,(H,18,19,20).